The summed E-state index contributed by atoms with van der Waals surface area (Å²) < 4.78 is 0. The van der Waals surface area contributed by atoms with Crippen molar-refractivity contribution in [2.45, 2.75) is 32.7 Å². The Bertz CT molecular complexity index is 273. The molecule has 3 N–H and O–H groups in total. The zero-order chi connectivity index (χ0) is 10.6. The van der Waals surface area contributed by atoms with E-state index in [4.69, 9.17) is 5.73 Å². The van der Waals surface area contributed by atoms with E-state index in [0.29, 0.717) is 6.54 Å². The summed E-state index contributed by atoms with van der Waals surface area (Å²) in [4.78, 5) is 0. The van der Waals surface area contributed by atoms with Crippen LogP contribution in [0.3, 0.4) is 0 Å². The molecule has 0 bridgehead atoms. The van der Waals surface area contributed by atoms with E-state index >= 15 is 0 Å². The van der Waals surface area contributed by atoms with Crippen LogP contribution in [-0.4, -0.2) is 12.1 Å². The number of anilines is 1. The zero-order valence-electron chi connectivity index (χ0n) is 9.30. The summed E-state index contributed by atoms with van der Waals surface area (Å²) in [6.45, 7) is 7.03. The molecule has 0 saturated heterocycles. The molecule has 0 aliphatic rings. The van der Waals surface area contributed by atoms with Gasteiger partial charge in [-0.15, -0.1) is 0 Å². The van der Waals surface area contributed by atoms with E-state index in [-0.39, 0.29) is 5.54 Å². The molecule has 14 heavy (non-hydrogen) atoms. The van der Waals surface area contributed by atoms with E-state index < -0.39 is 0 Å². The molecule has 78 valence electrons. The van der Waals surface area contributed by atoms with Crippen LogP contribution in [0, 0.1) is 6.92 Å². The topological polar surface area (TPSA) is 38.0 Å². The fourth-order valence-electron chi connectivity index (χ4n) is 1.27. The fraction of sp³-hybridized carbons (Fsp3) is 0.500. The van der Waals surface area contributed by atoms with Crippen molar-refractivity contribution in [1.29, 1.82) is 0 Å². The molecule has 1 aromatic rings. The van der Waals surface area contributed by atoms with Gasteiger partial charge < -0.3 is 11.1 Å². The lowest BCUT2D eigenvalue weighted by Gasteiger charge is -2.29. The molecule has 0 amide bonds. The smallest absolute Gasteiger partial charge is 0.0465 e. The number of benzene rings is 1. The Balaban J connectivity index is 2.72. The lowest BCUT2D eigenvalue weighted by atomic mass is 9.98. The van der Waals surface area contributed by atoms with Gasteiger partial charge >= 0.3 is 0 Å². The lowest BCUT2D eigenvalue weighted by molar-refractivity contribution is 0.506. The average molecular weight is 192 g/mol. The molecular formula is C12H20N2. The highest BCUT2D eigenvalue weighted by Gasteiger charge is 2.18. The van der Waals surface area contributed by atoms with Crippen LogP contribution in [0.2, 0.25) is 0 Å². The highest BCUT2D eigenvalue weighted by Crippen LogP contribution is 2.17. The van der Waals surface area contributed by atoms with Gasteiger partial charge in [0.1, 0.15) is 0 Å². The maximum atomic E-state index is 5.73. The van der Waals surface area contributed by atoms with Gasteiger partial charge in [0.2, 0.25) is 0 Å². The number of hydrogen-bond acceptors (Lipinski definition) is 2. The van der Waals surface area contributed by atoms with Gasteiger partial charge in [-0.25, -0.2) is 0 Å². The van der Waals surface area contributed by atoms with Gasteiger partial charge in [-0.05, 0) is 32.4 Å². The Kier molecular flexibility index (Phi) is 3.53. The second kappa shape index (κ2) is 4.47. The van der Waals surface area contributed by atoms with E-state index in [9.17, 15) is 0 Å². The highest BCUT2D eigenvalue weighted by atomic mass is 15.0. The SMILES string of the molecule is CCC(C)(CN)Nc1ccc(C)cc1. The first kappa shape index (κ1) is 11.1. The molecule has 0 fully saturated rings. The van der Waals surface area contributed by atoms with Crippen LogP contribution in [0.4, 0.5) is 5.69 Å². The van der Waals surface area contributed by atoms with Crippen molar-refractivity contribution in [3.63, 3.8) is 0 Å². The number of aryl methyl sites for hydroxylation is 1. The van der Waals surface area contributed by atoms with E-state index in [1.165, 1.54) is 5.56 Å². The summed E-state index contributed by atoms with van der Waals surface area (Å²) in [6.07, 6.45) is 1.03. The van der Waals surface area contributed by atoms with Crippen molar-refractivity contribution in [2.75, 3.05) is 11.9 Å². The Morgan fingerprint density at radius 1 is 1.29 bits per heavy atom. The first-order valence-corrected chi connectivity index (χ1v) is 5.14. The molecular weight excluding hydrogens is 172 g/mol. The first-order valence-electron chi connectivity index (χ1n) is 5.14. The minimum absolute atomic E-state index is 0.00918. The third-order valence-electron chi connectivity index (χ3n) is 2.73. The van der Waals surface area contributed by atoms with Crippen molar-refractivity contribution >= 4 is 5.69 Å². The normalized spacial score (nSPS) is 14.9. The van der Waals surface area contributed by atoms with Crippen molar-refractivity contribution in [3.05, 3.63) is 29.8 Å². The molecule has 1 aromatic carbocycles. The average Bonchev–Trinajstić information content (AvgIpc) is 2.21. The summed E-state index contributed by atoms with van der Waals surface area (Å²) in [5.41, 5.74) is 8.17. The Morgan fingerprint density at radius 3 is 2.29 bits per heavy atom. The van der Waals surface area contributed by atoms with Gasteiger partial charge in [0.05, 0.1) is 0 Å². The molecule has 0 saturated carbocycles. The third-order valence-corrected chi connectivity index (χ3v) is 2.73. The quantitative estimate of drug-likeness (QED) is 0.769. The molecule has 0 aliphatic carbocycles. The van der Waals surface area contributed by atoms with Gasteiger partial charge in [-0.2, -0.15) is 0 Å². The summed E-state index contributed by atoms with van der Waals surface area (Å²) in [7, 11) is 0. The Morgan fingerprint density at radius 2 is 1.86 bits per heavy atom. The summed E-state index contributed by atoms with van der Waals surface area (Å²) in [6, 6.07) is 8.40. The summed E-state index contributed by atoms with van der Waals surface area (Å²) in [5.74, 6) is 0. The molecule has 0 heterocycles. The number of nitrogens with two attached hydrogens (primary N) is 1. The van der Waals surface area contributed by atoms with Gasteiger partial charge in [-0.3, -0.25) is 0 Å². The maximum absolute atomic E-state index is 5.73. The fourth-order valence-corrected chi connectivity index (χ4v) is 1.27. The molecule has 0 spiro atoms. The van der Waals surface area contributed by atoms with Crippen LogP contribution in [0.1, 0.15) is 25.8 Å². The molecule has 0 aromatic heterocycles. The second-order valence-electron chi connectivity index (χ2n) is 4.11. The van der Waals surface area contributed by atoms with Gasteiger partial charge in [0.15, 0.2) is 0 Å². The minimum Gasteiger partial charge on any atom is -0.379 e. The molecule has 2 nitrogen and oxygen atoms in total. The lowest BCUT2D eigenvalue weighted by Crippen LogP contribution is -2.41. The van der Waals surface area contributed by atoms with Crippen LogP contribution in [0.15, 0.2) is 24.3 Å². The Hall–Kier alpha value is -1.02. The van der Waals surface area contributed by atoms with E-state index in [0.717, 1.165) is 12.1 Å². The second-order valence-corrected chi connectivity index (χ2v) is 4.11. The monoisotopic (exact) mass is 192 g/mol. The predicted molar refractivity (Wildman–Crippen MR) is 62.6 cm³/mol. The summed E-state index contributed by atoms with van der Waals surface area (Å²) in [5, 5.41) is 3.46. The number of hydrogen-bond donors (Lipinski definition) is 2. The maximum Gasteiger partial charge on any atom is 0.0465 e. The van der Waals surface area contributed by atoms with Crippen molar-refractivity contribution in [1.82, 2.24) is 0 Å². The molecule has 2 heteroatoms. The largest absolute Gasteiger partial charge is 0.379 e. The van der Waals surface area contributed by atoms with Crippen molar-refractivity contribution in [3.8, 4) is 0 Å². The molecule has 1 rings (SSSR count). The summed E-state index contributed by atoms with van der Waals surface area (Å²) >= 11 is 0. The molecule has 0 radical (unpaired) electrons. The van der Waals surface area contributed by atoms with Crippen LogP contribution in [-0.2, 0) is 0 Å². The Labute approximate surface area is 86.5 Å². The van der Waals surface area contributed by atoms with Crippen molar-refractivity contribution < 1.29 is 0 Å². The first-order chi connectivity index (χ1) is 6.59. The zero-order valence-corrected chi connectivity index (χ0v) is 9.30. The van der Waals surface area contributed by atoms with Crippen LogP contribution in [0.5, 0.6) is 0 Å². The predicted octanol–water partition coefficient (Wildman–Crippen LogP) is 2.53. The molecule has 1 unspecified atom stereocenters. The molecule has 1 atom stereocenters. The van der Waals surface area contributed by atoms with E-state index in [2.05, 4.69) is 50.4 Å². The van der Waals surface area contributed by atoms with E-state index in [1.54, 1.807) is 0 Å². The number of rotatable bonds is 4. The third kappa shape index (κ3) is 2.74. The minimum atomic E-state index is 0.00918. The number of nitrogens with one attached hydrogen (secondary N) is 1. The van der Waals surface area contributed by atoms with Gasteiger partial charge in [0, 0.05) is 17.8 Å². The van der Waals surface area contributed by atoms with Crippen LogP contribution in [0.25, 0.3) is 0 Å². The molecule has 0 aliphatic heterocycles. The van der Waals surface area contributed by atoms with Crippen LogP contribution >= 0.6 is 0 Å². The standard InChI is InChI=1S/C12H20N2/c1-4-12(3,9-13)14-11-7-5-10(2)6-8-11/h5-8,14H,4,9,13H2,1-3H3. The highest BCUT2D eigenvalue weighted by molar-refractivity contribution is 5.46. The van der Waals surface area contributed by atoms with Crippen molar-refractivity contribution in [2.24, 2.45) is 5.73 Å². The van der Waals surface area contributed by atoms with Gasteiger partial charge in [0.25, 0.3) is 0 Å². The van der Waals surface area contributed by atoms with Crippen LogP contribution < -0.4 is 11.1 Å². The van der Waals surface area contributed by atoms with Gasteiger partial charge in [-0.1, -0.05) is 24.6 Å². The van der Waals surface area contributed by atoms with E-state index in [1.807, 2.05) is 0 Å².